The number of nitrogens with zero attached hydrogens (tertiary/aromatic N) is 1. The molecule has 0 atom stereocenters. The van der Waals surface area contributed by atoms with Crippen molar-refractivity contribution in [1.29, 1.82) is 0 Å². The number of esters is 2. The third-order valence-electron chi connectivity index (χ3n) is 5.21. The van der Waals surface area contributed by atoms with Gasteiger partial charge in [-0.2, -0.15) is 0 Å². The first-order chi connectivity index (χ1) is 16.4. The van der Waals surface area contributed by atoms with Crippen LogP contribution in [0.2, 0.25) is 5.02 Å². The van der Waals surface area contributed by atoms with E-state index in [9.17, 15) is 14.4 Å². The minimum absolute atomic E-state index is 0.0175. The zero-order valence-corrected chi connectivity index (χ0v) is 19.0. The third kappa shape index (κ3) is 4.57. The largest absolute Gasteiger partial charge is 0.467 e. The van der Waals surface area contributed by atoms with E-state index in [4.69, 9.17) is 16.1 Å². The van der Waals surface area contributed by atoms with Crippen LogP contribution in [0.5, 0.6) is 0 Å². The summed E-state index contributed by atoms with van der Waals surface area (Å²) in [7, 11) is 2.33. The van der Waals surface area contributed by atoms with Crippen LogP contribution in [0.15, 0.2) is 63.9 Å². The van der Waals surface area contributed by atoms with E-state index in [0.717, 1.165) is 25.2 Å². The summed E-state index contributed by atoms with van der Waals surface area (Å²) >= 11 is 6.25. The van der Waals surface area contributed by atoms with E-state index >= 15 is 0 Å². The van der Waals surface area contributed by atoms with Crippen molar-refractivity contribution in [1.82, 2.24) is 15.5 Å². The van der Waals surface area contributed by atoms with Crippen LogP contribution in [0, 0.1) is 0 Å². The van der Waals surface area contributed by atoms with Crippen LogP contribution >= 0.6 is 11.6 Å². The average Bonchev–Trinajstić information content (AvgIpc) is 3.32. The number of carbonyl (C=O) groups excluding carboxylic acids is 2. The number of aromatic amines is 1. The smallest absolute Gasteiger partial charge is 0.334 e. The first-order valence-electron chi connectivity index (χ1n) is 10.2. The summed E-state index contributed by atoms with van der Waals surface area (Å²) in [6.07, 6.45) is 0. The molecule has 4 rings (SSSR count). The van der Waals surface area contributed by atoms with E-state index in [2.05, 4.69) is 24.9 Å². The lowest BCUT2D eigenvalue weighted by Gasteiger charge is -2.12. The average molecular weight is 482 g/mol. The number of benzene rings is 2. The highest BCUT2D eigenvalue weighted by molar-refractivity contribution is 6.31. The Balaban J connectivity index is 1.77. The molecule has 0 aliphatic carbocycles. The molecule has 34 heavy (non-hydrogen) atoms. The molecule has 10 heteroatoms. The molecule has 0 saturated heterocycles. The molecule has 0 unspecified atom stereocenters. The summed E-state index contributed by atoms with van der Waals surface area (Å²) in [5.41, 5.74) is 2.32. The summed E-state index contributed by atoms with van der Waals surface area (Å²) < 4.78 is 14.8. The molecular weight excluding hydrogens is 462 g/mol. The van der Waals surface area contributed by atoms with E-state index in [1.165, 1.54) is 0 Å². The number of ether oxygens (including phenoxy) is 2. The van der Waals surface area contributed by atoms with Crippen molar-refractivity contribution in [2.45, 2.75) is 12.6 Å². The van der Waals surface area contributed by atoms with Gasteiger partial charge in [0.05, 0.1) is 25.5 Å². The maximum atomic E-state index is 13.1. The van der Waals surface area contributed by atoms with E-state index in [-0.39, 0.29) is 23.4 Å². The molecule has 0 amide bonds. The van der Waals surface area contributed by atoms with Gasteiger partial charge in [0.15, 0.2) is 5.76 Å². The quantitative estimate of drug-likeness (QED) is 0.304. The summed E-state index contributed by atoms with van der Waals surface area (Å²) in [4.78, 5) is 39.7. The highest BCUT2D eigenvalue weighted by atomic mass is 35.5. The second-order valence-electron chi connectivity index (χ2n) is 7.30. The van der Waals surface area contributed by atoms with Crippen LogP contribution in [0.4, 0.5) is 0 Å². The van der Waals surface area contributed by atoms with Crippen molar-refractivity contribution in [2.75, 3.05) is 14.2 Å². The van der Waals surface area contributed by atoms with Crippen molar-refractivity contribution in [3.05, 3.63) is 75.7 Å². The molecule has 2 aromatic heterocycles. The number of methoxy groups -OCH3 is 2. The van der Waals surface area contributed by atoms with Gasteiger partial charge in [-0.3, -0.25) is 10.1 Å². The van der Waals surface area contributed by atoms with Crippen LogP contribution in [-0.4, -0.2) is 42.3 Å². The lowest BCUT2D eigenvalue weighted by molar-refractivity contribution is -0.155. The van der Waals surface area contributed by atoms with E-state index in [0.29, 0.717) is 21.8 Å². The van der Waals surface area contributed by atoms with Gasteiger partial charge in [-0.15, -0.1) is 0 Å². The molecule has 9 nitrogen and oxygen atoms in total. The molecule has 174 valence electrons. The fourth-order valence-electron chi connectivity index (χ4n) is 3.62. The molecule has 0 aliphatic heterocycles. The topological polar surface area (TPSA) is 124 Å². The van der Waals surface area contributed by atoms with E-state index < -0.39 is 18.0 Å². The van der Waals surface area contributed by atoms with Gasteiger partial charge in [-0.05, 0) is 23.8 Å². The van der Waals surface area contributed by atoms with Crippen LogP contribution in [0.3, 0.4) is 0 Å². The maximum absolute atomic E-state index is 13.1. The first kappa shape index (κ1) is 23.2. The molecule has 0 saturated carbocycles. The SMILES string of the molecule is COC(=O)C(NCc1cc(-c2c(-c3ccccc3)c3cc(Cl)ccc3[nH]c2=O)on1)C(=O)OC. The predicted molar refractivity (Wildman–Crippen MR) is 125 cm³/mol. The Morgan fingerprint density at radius 3 is 2.44 bits per heavy atom. The molecule has 0 aliphatic rings. The predicted octanol–water partition coefficient (Wildman–Crippen LogP) is 3.31. The summed E-state index contributed by atoms with van der Waals surface area (Å²) in [6.45, 7) is -0.0175. The van der Waals surface area contributed by atoms with Crippen LogP contribution in [0.25, 0.3) is 33.4 Å². The Labute approximate surface area is 198 Å². The van der Waals surface area contributed by atoms with Gasteiger partial charge in [-0.25, -0.2) is 9.59 Å². The molecule has 0 bridgehead atoms. The number of hydrogen-bond donors (Lipinski definition) is 2. The Hall–Kier alpha value is -3.95. The third-order valence-corrected chi connectivity index (χ3v) is 5.44. The molecule has 2 aromatic carbocycles. The standard InChI is InChI=1S/C24H20ClN3O6/c1-32-23(30)21(24(31)33-2)26-12-15-11-18(34-28-15)20-19(13-6-4-3-5-7-13)16-10-14(25)8-9-17(16)27-22(20)29/h3-11,21,26H,12H2,1-2H3,(H,27,29). The van der Waals surface area contributed by atoms with Crippen molar-refractivity contribution in [3.63, 3.8) is 0 Å². The second kappa shape index (κ2) is 9.90. The number of halogens is 1. The zero-order valence-electron chi connectivity index (χ0n) is 18.3. The Morgan fingerprint density at radius 1 is 1.06 bits per heavy atom. The Bertz CT molecular complexity index is 1400. The first-order valence-corrected chi connectivity index (χ1v) is 10.6. The number of rotatable bonds is 7. The summed E-state index contributed by atoms with van der Waals surface area (Å²) in [5, 5.41) is 7.97. The van der Waals surface area contributed by atoms with Crippen molar-refractivity contribution in [3.8, 4) is 22.5 Å². The molecule has 4 aromatic rings. The van der Waals surface area contributed by atoms with Crippen molar-refractivity contribution in [2.24, 2.45) is 0 Å². The fourth-order valence-corrected chi connectivity index (χ4v) is 3.80. The number of fused-ring (bicyclic) bond motifs is 1. The van der Waals surface area contributed by atoms with Gasteiger partial charge in [0, 0.05) is 34.1 Å². The number of hydrogen-bond acceptors (Lipinski definition) is 8. The van der Waals surface area contributed by atoms with Crippen LogP contribution in [0.1, 0.15) is 5.69 Å². The maximum Gasteiger partial charge on any atom is 0.334 e. The monoisotopic (exact) mass is 481 g/mol. The molecule has 2 N–H and O–H groups in total. The Kier molecular flexibility index (Phi) is 6.76. The van der Waals surface area contributed by atoms with Crippen molar-refractivity contribution >= 4 is 34.4 Å². The molecule has 0 radical (unpaired) electrons. The van der Waals surface area contributed by atoms with Crippen LogP contribution < -0.4 is 10.9 Å². The van der Waals surface area contributed by atoms with Gasteiger partial charge in [-0.1, -0.05) is 47.1 Å². The lowest BCUT2D eigenvalue weighted by atomic mass is 9.95. The number of carbonyl (C=O) groups is 2. The zero-order chi connectivity index (χ0) is 24.2. The highest BCUT2D eigenvalue weighted by Crippen LogP contribution is 2.36. The van der Waals surface area contributed by atoms with Gasteiger partial charge < -0.3 is 19.0 Å². The highest BCUT2D eigenvalue weighted by Gasteiger charge is 2.28. The van der Waals surface area contributed by atoms with E-state index in [1.54, 1.807) is 24.3 Å². The van der Waals surface area contributed by atoms with Gasteiger partial charge >= 0.3 is 11.9 Å². The second-order valence-corrected chi connectivity index (χ2v) is 7.74. The number of H-pyrrole nitrogens is 1. The molecule has 2 heterocycles. The van der Waals surface area contributed by atoms with Gasteiger partial charge in [0.2, 0.25) is 6.04 Å². The molecular formula is C24H20ClN3O6. The summed E-state index contributed by atoms with van der Waals surface area (Å²) in [6, 6.07) is 14.8. The minimum atomic E-state index is -1.33. The van der Waals surface area contributed by atoms with Gasteiger partial charge in [0.25, 0.3) is 5.56 Å². The molecule has 0 spiro atoms. The lowest BCUT2D eigenvalue weighted by Crippen LogP contribution is -2.44. The number of pyridine rings is 1. The van der Waals surface area contributed by atoms with Crippen molar-refractivity contribution < 1.29 is 23.6 Å². The minimum Gasteiger partial charge on any atom is -0.467 e. The van der Waals surface area contributed by atoms with Gasteiger partial charge in [0.1, 0.15) is 0 Å². The number of aromatic nitrogens is 2. The molecule has 0 fully saturated rings. The summed E-state index contributed by atoms with van der Waals surface area (Å²) in [5.74, 6) is -1.39. The Morgan fingerprint density at radius 2 is 1.76 bits per heavy atom. The fraction of sp³-hybridized carbons (Fsp3) is 0.167. The van der Waals surface area contributed by atoms with Crippen LogP contribution in [-0.2, 0) is 25.6 Å². The van der Waals surface area contributed by atoms with E-state index in [1.807, 2.05) is 30.3 Å². The number of nitrogens with one attached hydrogen (secondary N) is 2. The normalized spacial score (nSPS) is 11.1.